The molecule has 1 amide bonds. The third-order valence-electron chi connectivity index (χ3n) is 3.73. The van der Waals surface area contributed by atoms with Crippen molar-refractivity contribution in [2.24, 2.45) is 5.73 Å². The summed E-state index contributed by atoms with van der Waals surface area (Å²) in [5.74, 6) is -0.00103. The van der Waals surface area contributed by atoms with Gasteiger partial charge in [0, 0.05) is 45.5 Å². The van der Waals surface area contributed by atoms with Crippen LogP contribution < -0.4 is 10.6 Å². The first-order valence-corrected chi connectivity index (χ1v) is 6.99. The van der Waals surface area contributed by atoms with Gasteiger partial charge in [-0.05, 0) is 24.6 Å². The molecule has 0 spiro atoms. The van der Waals surface area contributed by atoms with Crippen LogP contribution in [0, 0.1) is 6.92 Å². The number of carbonyl (C=O) groups is 1. The number of benzene rings is 1. The molecule has 1 saturated heterocycles. The number of nitrogens with two attached hydrogens (primary N) is 1. The molecule has 1 unspecified atom stereocenters. The molecule has 5 nitrogen and oxygen atoms in total. The maximum atomic E-state index is 12.2. The van der Waals surface area contributed by atoms with Gasteiger partial charge in [0.25, 0.3) is 5.91 Å². The molecule has 1 fully saturated rings. The first kappa shape index (κ1) is 14.8. The van der Waals surface area contributed by atoms with E-state index in [0.29, 0.717) is 13.1 Å². The lowest BCUT2D eigenvalue weighted by Gasteiger charge is -2.37. The van der Waals surface area contributed by atoms with E-state index in [1.54, 1.807) is 0 Å². The Morgan fingerprint density at radius 1 is 1.35 bits per heavy atom. The summed E-state index contributed by atoms with van der Waals surface area (Å²) in [4.78, 5) is 16.3. The monoisotopic (exact) mass is 277 g/mol. The Morgan fingerprint density at radius 3 is 2.60 bits per heavy atom. The summed E-state index contributed by atoms with van der Waals surface area (Å²) in [5.41, 5.74) is 8.02. The van der Waals surface area contributed by atoms with E-state index in [9.17, 15) is 4.79 Å². The molecule has 20 heavy (non-hydrogen) atoms. The van der Waals surface area contributed by atoms with Gasteiger partial charge in [0.1, 0.15) is 6.10 Å². The zero-order chi connectivity index (χ0) is 14.5. The third-order valence-corrected chi connectivity index (χ3v) is 3.73. The van der Waals surface area contributed by atoms with Crippen LogP contribution in [0.15, 0.2) is 24.3 Å². The summed E-state index contributed by atoms with van der Waals surface area (Å²) >= 11 is 0. The van der Waals surface area contributed by atoms with Crippen molar-refractivity contribution in [1.29, 1.82) is 0 Å². The summed E-state index contributed by atoms with van der Waals surface area (Å²) in [6.07, 6.45) is -0.513. The number of anilines is 1. The van der Waals surface area contributed by atoms with E-state index in [0.717, 1.165) is 13.1 Å². The van der Waals surface area contributed by atoms with E-state index in [2.05, 4.69) is 36.1 Å². The maximum Gasteiger partial charge on any atom is 0.253 e. The summed E-state index contributed by atoms with van der Waals surface area (Å²) in [7, 11) is 1.53. The zero-order valence-electron chi connectivity index (χ0n) is 12.2. The third kappa shape index (κ3) is 3.29. The van der Waals surface area contributed by atoms with Gasteiger partial charge in [-0.2, -0.15) is 0 Å². The molecule has 0 aliphatic carbocycles. The Bertz CT molecular complexity index is 452. The molecule has 1 atom stereocenters. The fourth-order valence-electron chi connectivity index (χ4n) is 2.51. The molecule has 1 aromatic carbocycles. The second-order valence-corrected chi connectivity index (χ2v) is 5.11. The molecule has 110 valence electrons. The second-order valence-electron chi connectivity index (χ2n) is 5.11. The molecular weight excluding hydrogens is 254 g/mol. The predicted molar refractivity (Wildman–Crippen MR) is 79.8 cm³/mol. The Morgan fingerprint density at radius 2 is 2.05 bits per heavy atom. The Labute approximate surface area is 120 Å². The molecule has 1 aliphatic rings. The number of piperazine rings is 1. The average molecular weight is 277 g/mol. The molecule has 5 heteroatoms. The van der Waals surface area contributed by atoms with Crippen LogP contribution in [0.2, 0.25) is 0 Å². The van der Waals surface area contributed by atoms with Crippen molar-refractivity contribution in [3.05, 3.63) is 29.8 Å². The van der Waals surface area contributed by atoms with Crippen LogP contribution in [-0.2, 0) is 9.53 Å². The number of nitrogens with zero attached hydrogens (tertiary/aromatic N) is 2. The Balaban J connectivity index is 1.94. The highest BCUT2D eigenvalue weighted by molar-refractivity contribution is 5.81. The number of carbonyl (C=O) groups excluding carboxylic acids is 1. The summed E-state index contributed by atoms with van der Waals surface area (Å²) < 4.78 is 5.11. The number of aryl methyl sites for hydroxylation is 1. The smallest absolute Gasteiger partial charge is 0.253 e. The SMILES string of the molecule is COC(CN)C(=O)N1CCN(c2cccc(C)c2)CC1. The van der Waals surface area contributed by atoms with Crippen molar-refractivity contribution in [2.75, 3.05) is 44.7 Å². The van der Waals surface area contributed by atoms with Crippen LogP contribution in [-0.4, -0.2) is 56.7 Å². The summed E-state index contributed by atoms with van der Waals surface area (Å²) in [6.45, 7) is 5.44. The van der Waals surface area contributed by atoms with E-state index < -0.39 is 6.10 Å². The minimum absolute atomic E-state index is 0.00103. The van der Waals surface area contributed by atoms with E-state index in [1.807, 2.05) is 4.90 Å². The quantitative estimate of drug-likeness (QED) is 0.876. The van der Waals surface area contributed by atoms with Gasteiger partial charge in [-0.3, -0.25) is 4.79 Å². The highest BCUT2D eigenvalue weighted by Crippen LogP contribution is 2.18. The van der Waals surface area contributed by atoms with Crippen molar-refractivity contribution >= 4 is 11.6 Å². The van der Waals surface area contributed by atoms with Gasteiger partial charge in [-0.1, -0.05) is 12.1 Å². The minimum Gasteiger partial charge on any atom is -0.370 e. The molecule has 0 radical (unpaired) electrons. The molecule has 1 heterocycles. The van der Waals surface area contributed by atoms with Gasteiger partial charge < -0.3 is 20.3 Å². The molecule has 0 saturated carbocycles. The van der Waals surface area contributed by atoms with Crippen LogP contribution in [0.25, 0.3) is 0 Å². The second kappa shape index (κ2) is 6.72. The fraction of sp³-hybridized carbons (Fsp3) is 0.533. The highest BCUT2D eigenvalue weighted by Gasteiger charge is 2.26. The van der Waals surface area contributed by atoms with Gasteiger partial charge in [-0.15, -0.1) is 0 Å². The lowest BCUT2D eigenvalue weighted by Crippen LogP contribution is -2.53. The molecule has 1 aromatic rings. The maximum absolute atomic E-state index is 12.2. The topological polar surface area (TPSA) is 58.8 Å². The van der Waals surface area contributed by atoms with Crippen LogP contribution >= 0.6 is 0 Å². The first-order valence-electron chi connectivity index (χ1n) is 6.99. The van der Waals surface area contributed by atoms with Crippen LogP contribution in [0.5, 0.6) is 0 Å². The van der Waals surface area contributed by atoms with Crippen LogP contribution in [0.3, 0.4) is 0 Å². The standard InChI is InChI=1S/C15H23N3O2/c1-12-4-3-5-13(10-12)17-6-8-18(9-7-17)15(19)14(11-16)20-2/h3-5,10,14H,6-9,11,16H2,1-2H3. The van der Waals surface area contributed by atoms with Gasteiger partial charge in [0.05, 0.1) is 0 Å². The summed E-state index contributed by atoms with van der Waals surface area (Å²) in [6, 6.07) is 8.45. The minimum atomic E-state index is -0.513. The highest BCUT2D eigenvalue weighted by atomic mass is 16.5. The molecule has 2 rings (SSSR count). The number of methoxy groups -OCH3 is 1. The van der Waals surface area contributed by atoms with Crippen LogP contribution in [0.1, 0.15) is 5.56 Å². The van der Waals surface area contributed by atoms with Crippen LogP contribution in [0.4, 0.5) is 5.69 Å². The number of hydrogen-bond donors (Lipinski definition) is 1. The van der Waals surface area contributed by atoms with E-state index in [-0.39, 0.29) is 12.5 Å². The van der Waals surface area contributed by atoms with Gasteiger partial charge in [0.15, 0.2) is 0 Å². The molecule has 2 N–H and O–H groups in total. The summed E-state index contributed by atoms with van der Waals surface area (Å²) in [5, 5.41) is 0. The molecule has 0 aromatic heterocycles. The fourth-order valence-corrected chi connectivity index (χ4v) is 2.51. The Kier molecular flexibility index (Phi) is 4.98. The van der Waals surface area contributed by atoms with Gasteiger partial charge in [-0.25, -0.2) is 0 Å². The molecule has 0 bridgehead atoms. The largest absolute Gasteiger partial charge is 0.370 e. The number of hydrogen-bond acceptors (Lipinski definition) is 4. The van der Waals surface area contributed by atoms with Gasteiger partial charge in [0.2, 0.25) is 0 Å². The van der Waals surface area contributed by atoms with E-state index in [4.69, 9.17) is 10.5 Å². The first-order chi connectivity index (χ1) is 9.65. The molecule has 1 aliphatic heterocycles. The van der Waals surface area contributed by atoms with E-state index >= 15 is 0 Å². The van der Waals surface area contributed by atoms with Crippen molar-refractivity contribution < 1.29 is 9.53 Å². The number of ether oxygens (including phenoxy) is 1. The van der Waals surface area contributed by atoms with Gasteiger partial charge >= 0.3 is 0 Å². The molecular formula is C15H23N3O2. The zero-order valence-corrected chi connectivity index (χ0v) is 12.2. The van der Waals surface area contributed by atoms with Crippen molar-refractivity contribution in [3.63, 3.8) is 0 Å². The van der Waals surface area contributed by atoms with Crippen molar-refractivity contribution in [3.8, 4) is 0 Å². The van der Waals surface area contributed by atoms with Crippen molar-refractivity contribution in [2.45, 2.75) is 13.0 Å². The lowest BCUT2D eigenvalue weighted by atomic mass is 10.2. The Hall–Kier alpha value is -1.59. The van der Waals surface area contributed by atoms with E-state index in [1.165, 1.54) is 18.4 Å². The number of amides is 1. The number of rotatable bonds is 4. The predicted octanol–water partition coefficient (Wildman–Crippen LogP) is 0.617. The lowest BCUT2D eigenvalue weighted by molar-refractivity contribution is -0.141. The normalized spacial score (nSPS) is 17.1. The van der Waals surface area contributed by atoms with Crippen molar-refractivity contribution in [1.82, 2.24) is 4.90 Å². The average Bonchev–Trinajstić information content (AvgIpc) is 2.48.